The molecular weight excluding hydrogens is 188 g/mol. The number of carbonyl (C=O) groups excluding carboxylic acids is 1. The van der Waals surface area contributed by atoms with Crippen LogP contribution in [0.25, 0.3) is 0 Å². The molecule has 1 aliphatic carbocycles. The van der Waals surface area contributed by atoms with Crippen LogP contribution in [0.2, 0.25) is 0 Å². The number of hydrogen-bond acceptors (Lipinski definition) is 2. The van der Waals surface area contributed by atoms with Gasteiger partial charge in [0.15, 0.2) is 0 Å². The highest BCUT2D eigenvalue weighted by atomic mass is 16.5. The molecule has 80 valence electrons. The van der Waals surface area contributed by atoms with Crippen LogP contribution >= 0.6 is 0 Å². The minimum Gasteiger partial charge on any atom is -0.497 e. The molecular formula is C13H16O2. The fourth-order valence-corrected chi connectivity index (χ4v) is 2.28. The average molecular weight is 204 g/mol. The van der Waals surface area contributed by atoms with E-state index in [-0.39, 0.29) is 5.41 Å². The Hall–Kier alpha value is -1.31. The number of hydrogen-bond donors (Lipinski definition) is 0. The highest BCUT2D eigenvalue weighted by Crippen LogP contribution is 2.44. The second kappa shape index (κ2) is 3.69. The van der Waals surface area contributed by atoms with Crippen molar-refractivity contribution < 1.29 is 9.53 Å². The maximum absolute atomic E-state index is 11.7. The third-order valence-electron chi connectivity index (χ3n) is 3.52. The van der Waals surface area contributed by atoms with E-state index in [4.69, 9.17) is 4.74 Å². The normalized spacial score (nSPS) is 18.0. The molecule has 0 unspecified atom stereocenters. The molecule has 0 N–H and O–H groups in total. The third kappa shape index (κ3) is 1.54. The Bertz CT molecular complexity index is 361. The smallest absolute Gasteiger partial charge is 0.140 e. The summed E-state index contributed by atoms with van der Waals surface area (Å²) in [6.07, 6.45) is 3.15. The molecule has 1 aliphatic rings. The molecule has 0 atom stereocenters. The molecule has 1 aromatic carbocycles. The first-order chi connectivity index (χ1) is 7.19. The highest BCUT2D eigenvalue weighted by Gasteiger charge is 2.42. The number of Topliss-reactive ketones (excluding diaryl/α,β-unsaturated/α-hetero) is 1. The van der Waals surface area contributed by atoms with Crippen molar-refractivity contribution in [3.05, 3.63) is 29.8 Å². The molecule has 15 heavy (non-hydrogen) atoms. The summed E-state index contributed by atoms with van der Waals surface area (Å²) in [6.45, 7) is 1.70. The van der Waals surface area contributed by atoms with Gasteiger partial charge in [0, 0.05) is 0 Å². The summed E-state index contributed by atoms with van der Waals surface area (Å²) in [5.74, 6) is 1.13. The third-order valence-corrected chi connectivity index (χ3v) is 3.52. The van der Waals surface area contributed by atoms with Crippen molar-refractivity contribution >= 4 is 5.78 Å². The molecule has 0 spiro atoms. The Morgan fingerprint density at radius 1 is 1.27 bits per heavy atom. The van der Waals surface area contributed by atoms with Gasteiger partial charge in [0.25, 0.3) is 0 Å². The Morgan fingerprint density at radius 2 is 1.87 bits per heavy atom. The van der Waals surface area contributed by atoms with E-state index in [2.05, 4.69) is 0 Å². The van der Waals surface area contributed by atoms with Crippen molar-refractivity contribution in [2.75, 3.05) is 7.11 Å². The van der Waals surface area contributed by atoms with Gasteiger partial charge in [-0.3, -0.25) is 4.79 Å². The number of carbonyl (C=O) groups is 1. The van der Waals surface area contributed by atoms with Crippen molar-refractivity contribution in [2.45, 2.75) is 31.6 Å². The lowest BCUT2D eigenvalue weighted by molar-refractivity contribution is -0.125. The van der Waals surface area contributed by atoms with Crippen molar-refractivity contribution in [1.82, 2.24) is 0 Å². The van der Waals surface area contributed by atoms with Crippen LogP contribution in [0.15, 0.2) is 24.3 Å². The molecule has 0 saturated heterocycles. The summed E-state index contributed by atoms with van der Waals surface area (Å²) in [5, 5.41) is 0. The molecule has 1 aromatic rings. The van der Waals surface area contributed by atoms with Crippen molar-refractivity contribution in [3.8, 4) is 5.75 Å². The van der Waals surface area contributed by atoms with Gasteiger partial charge in [0.2, 0.25) is 0 Å². The standard InChI is InChI=1S/C13H16O2/c1-10(14)13(8-3-9-13)11-4-6-12(15-2)7-5-11/h4-7H,3,8-9H2,1-2H3. The highest BCUT2D eigenvalue weighted by molar-refractivity contribution is 5.89. The zero-order valence-electron chi connectivity index (χ0n) is 9.25. The molecule has 0 aromatic heterocycles. The van der Waals surface area contributed by atoms with Crippen molar-refractivity contribution in [2.24, 2.45) is 0 Å². The van der Waals surface area contributed by atoms with Gasteiger partial charge in [-0.25, -0.2) is 0 Å². The Kier molecular flexibility index (Phi) is 2.51. The Balaban J connectivity index is 2.31. The van der Waals surface area contributed by atoms with Gasteiger partial charge in [-0.05, 0) is 37.5 Å². The summed E-state index contributed by atoms with van der Waals surface area (Å²) in [7, 11) is 1.65. The zero-order valence-corrected chi connectivity index (χ0v) is 9.25. The van der Waals surface area contributed by atoms with Crippen molar-refractivity contribution in [1.29, 1.82) is 0 Å². The van der Waals surface area contributed by atoms with Crippen LogP contribution in [-0.2, 0) is 10.2 Å². The largest absolute Gasteiger partial charge is 0.497 e. The maximum Gasteiger partial charge on any atom is 0.140 e. The lowest BCUT2D eigenvalue weighted by atomic mass is 9.62. The number of ketones is 1. The molecule has 0 heterocycles. The van der Waals surface area contributed by atoms with E-state index < -0.39 is 0 Å². The molecule has 2 rings (SSSR count). The summed E-state index contributed by atoms with van der Waals surface area (Å²) in [6, 6.07) is 7.88. The van der Waals surface area contributed by atoms with E-state index in [1.807, 2.05) is 24.3 Å². The summed E-state index contributed by atoms with van der Waals surface area (Å²) >= 11 is 0. The van der Waals surface area contributed by atoms with E-state index in [1.165, 1.54) is 0 Å². The van der Waals surface area contributed by atoms with Crippen LogP contribution in [0.4, 0.5) is 0 Å². The molecule has 0 amide bonds. The molecule has 1 fully saturated rings. The first kappa shape index (κ1) is 10.2. The first-order valence-corrected chi connectivity index (χ1v) is 5.34. The maximum atomic E-state index is 11.7. The van der Waals surface area contributed by atoms with Crippen LogP contribution in [0.3, 0.4) is 0 Å². The molecule has 0 aliphatic heterocycles. The second-order valence-corrected chi connectivity index (χ2v) is 4.22. The fraction of sp³-hybridized carbons (Fsp3) is 0.462. The fourth-order valence-electron chi connectivity index (χ4n) is 2.28. The van der Waals surface area contributed by atoms with Crippen LogP contribution in [0, 0.1) is 0 Å². The lowest BCUT2D eigenvalue weighted by Gasteiger charge is -2.40. The van der Waals surface area contributed by atoms with Gasteiger partial charge >= 0.3 is 0 Å². The zero-order chi connectivity index (χ0) is 10.9. The van der Waals surface area contributed by atoms with Gasteiger partial charge in [-0.2, -0.15) is 0 Å². The summed E-state index contributed by atoms with van der Waals surface area (Å²) in [4.78, 5) is 11.7. The van der Waals surface area contributed by atoms with Gasteiger partial charge < -0.3 is 4.74 Å². The van der Waals surface area contributed by atoms with Gasteiger partial charge in [-0.1, -0.05) is 18.6 Å². The summed E-state index contributed by atoms with van der Waals surface area (Å²) in [5.41, 5.74) is 0.953. The van der Waals surface area contributed by atoms with E-state index in [1.54, 1.807) is 14.0 Å². The Labute approximate surface area is 90.3 Å². The lowest BCUT2D eigenvalue weighted by Crippen LogP contribution is -2.40. The minimum absolute atomic E-state index is 0.188. The predicted octanol–water partition coefficient (Wildman–Crippen LogP) is 2.71. The van der Waals surface area contributed by atoms with Crippen LogP contribution in [0.5, 0.6) is 5.75 Å². The Morgan fingerprint density at radius 3 is 2.20 bits per heavy atom. The van der Waals surface area contributed by atoms with Gasteiger partial charge in [0.1, 0.15) is 11.5 Å². The summed E-state index contributed by atoms with van der Waals surface area (Å²) < 4.78 is 5.11. The van der Waals surface area contributed by atoms with E-state index in [9.17, 15) is 4.79 Å². The first-order valence-electron chi connectivity index (χ1n) is 5.34. The van der Waals surface area contributed by atoms with Crippen LogP contribution in [0.1, 0.15) is 31.7 Å². The SMILES string of the molecule is COc1ccc(C2(C(C)=O)CCC2)cc1. The number of ether oxygens (including phenoxy) is 1. The number of rotatable bonds is 3. The number of methoxy groups -OCH3 is 1. The average Bonchev–Trinajstić information content (AvgIpc) is 2.16. The van der Waals surface area contributed by atoms with Gasteiger partial charge in [-0.15, -0.1) is 0 Å². The van der Waals surface area contributed by atoms with Crippen LogP contribution < -0.4 is 4.74 Å². The molecule has 0 bridgehead atoms. The monoisotopic (exact) mass is 204 g/mol. The van der Waals surface area contributed by atoms with E-state index in [0.29, 0.717) is 5.78 Å². The molecule has 2 nitrogen and oxygen atoms in total. The quantitative estimate of drug-likeness (QED) is 0.756. The number of benzene rings is 1. The molecule has 1 saturated carbocycles. The van der Waals surface area contributed by atoms with E-state index in [0.717, 1.165) is 30.6 Å². The van der Waals surface area contributed by atoms with Crippen molar-refractivity contribution in [3.63, 3.8) is 0 Å². The van der Waals surface area contributed by atoms with Gasteiger partial charge in [0.05, 0.1) is 12.5 Å². The predicted molar refractivity (Wildman–Crippen MR) is 59.2 cm³/mol. The molecule has 0 radical (unpaired) electrons. The van der Waals surface area contributed by atoms with Crippen LogP contribution in [-0.4, -0.2) is 12.9 Å². The molecule has 2 heteroatoms. The van der Waals surface area contributed by atoms with E-state index >= 15 is 0 Å². The minimum atomic E-state index is -0.188. The second-order valence-electron chi connectivity index (χ2n) is 4.22. The topological polar surface area (TPSA) is 26.3 Å².